The molecule has 0 aliphatic carbocycles. The first-order chi connectivity index (χ1) is 8.76. The number of anilines is 2. The lowest BCUT2D eigenvalue weighted by Gasteiger charge is -2.07. The van der Waals surface area contributed by atoms with Gasteiger partial charge in [0.05, 0.1) is 18.5 Å². The lowest BCUT2D eigenvalue weighted by molar-refractivity contribution is 0.168. The molecule has 6 nitrogen and oxygen atoms in total. The Hall–Kier alpha value is -1.82. The van der Waals surface area contributed by atoms with Crippen molar-refractivity contribution in [1.82, 2.24) is 4.98 Å². The summed E-state index contributed by atoms with van der Waals surface area (Å²) in [6.45, 7) is 3.63. The van der Waals surface area contributed by atoms with E-state index in [1.165, 1.54) is 0 Å². The van der Waals surface area contributed by atoms with Gasteiger partial charge < -0.3 is 14.8 Å². The zero-order valence-electron chi connectivity index (χ0n) is 10.7. The van der Waals surface area contributed by atoms with Crippen molar-refractivity contribution in [2.24, 2.45) is 0 Å². The van der Waals surface area contributed by atoms with Gasteiger partial charge in [-0.05, 0) is 25.5 Å². The van der Waals surface area contributed by atoms with Crippen molar-refractivity contribution in [3.63, 3.8) is 0 Å². The molecule has 0 spiro atoms. The number of aromatic nitrogens is 1. The second kappa shape index (κ2) is 8.30. The number of carbonyl (C=O) groups excluding carboxylic acids is 1. The van der Waals surface area contributed by atoms with Crippen LogP contribution in [-0.2, 0) is 9.47 Å². The zero-order chi connectivity index (χ0) is 13.2. The number of amides is 1. The van der Waals surface area contributed by atoms with E-state index < -0.39 is 6.09 Å². The van der Waals surface area contributed by atoms with Crippen molar-refractivity contribution >= 4 is 17.6 Å². The van der Waals surface area contributed by atoms with Crippen LogP contribution >= 0.6 is 0 Å². The summed E-state index contributed by atoms with van der Waals surface area (Å²) < 4.78 is 9.70. The van der Waals surface area contributed by atoms with Crippen LogP contribution in [0, 0.1) is 0 Å². The molecule has 0 unspecified atom stereocenters. The van der Waals surface area contributed by atoms with Gasteiger partial charge in [-0.15, -0.1) is 0 Å². The lowest BCUT2D eigenvalue weighted by Crippen LogP contribution is -2.14. The molecule has 0 atom stereocenters. The summed E-state index contributed by atoms with van der Waals surface area (Å²) in [5.41, 5.74) is 0.903. The van der Waals surface area contributed by atoms with Crippen LogP contribution in [0.15, 0.2) is 18.3 Å². The molecule has 0 fully saturated rings. The van der Waals surface area contributed by atoms with E-state index in [1.807, 2.05) is 6.07 Å². The summed E-state index contributed by atoms with van der Waals surface area (Å²) in [6.07, 6.45) is 2.10. The maximum absolute atomic E-state index is 11.1. The van der Waals surface area contributed by atoms with Crippen LogP contribution in [0.3, 0.4) is 0 Å². The second-order valence-corrected chi connectivity index (χ2v) is 3.55. The van der Waals surface area contributed by atoms with E-state index in [9.17, 15) is 4.79 Å². The average molecular weight is 253 g/mol. The Kier molecular flexibility index (Phi) is 6.56. The highest BCUT2D eigenvalue weighted by molar-refractivity contribution is 5.83. The Bertz CT molecular complexity index is 354. The summed E-state index contributed by atoms with van der Waals surface area (Å²) >= 11 is 0. The predicted octanol–water partition coefficient (Wildman–Crippen LogP) is 2.10. The van der Waals surface area contributed by atoms with E-state index >= 15 is 0 Å². The van der Waals surface area contributed by atoms with E-state index in [-0.39, 0.29) is 0 Å². The average Bonchev–Trinajstić information content (AvgIpc) is 2.37. The Labute approximate surface area is 107 Å². The van der Waals surface area contributed by atoms with Crippen LogP contribution in [0.4, 0.5) is 16.3 Å². The maximum Gasteiger partial charge on any atom is 0.412 e. The molecule has 1 rings (SSSR count). The molecule has 1 aromatic rings. The molecular weight excluding hydrogens is 234 g/mol. The summed E-state index contributed by atoms with van der Waals surface area (Å²) in [5, 5.41) is 5.73. The van der Waals surface area contributed by atoms with Crippen LogP contribution < -0.4 is 10.6 Å². The van der Waals surface area contributed by atoms with Gasteiger partial charge in [-0.2, -0.15) is 0 Å². The van der Waals surface area contributed by atoms with E-state index in [0.717, 1.165) is 25.3 Å². The summed E-state index contributed by atoms with van der Waals surface area (Å²) in [5.74, 6) is 0.468. The number of carbonyl (C=O) groups is 1. The Morgan fingerprint density at radius 2 is 2.28 bits per heavy atom. The highest BCUT2D eigenvalue weighted by Gasteiger charge is 2.02. The standard InChI is InChI=1S/C12H19N3O3/c1-3-18-12(16)15-11-6-5-10(9-14-11)13-7-4-8-17-2/h5-6,9,13H,3-4,7-8H2,1-2H3,(H,14,15,16). The normalized spacial score (nSPS) is 9.89. The Balaban J connectivity index is 2.35. The predicted molar refractivity (Wildman–Crippen MR) is 69.9 cm³/mol. The molecule has 18 heavy (non-hydrogen) atoms. The minimum atomic E-state index is -0.495. The molecule has 100 valence electrons. The van der Waals surface area contributed by atoms with E-state index in [2.05, 4.69) is 15.6 Å². The van der Waals surface area contributed by atoms with E-state index in [0.29, 0.717) is 12.4 Å². The van der Waals surface area contributed by atoms with Gasteiger partial charge in [-0.1, -0.05) is 0 Å². The summed E-state index contributed by atoms with van der Waals surface area (Å²) in [6, 6.07) is 3.57. The van der Waals surface area contributed by atoms with Crippen molar-refractivity contribution in [2.75, 3.05) is 37.5 Å². The van der Waals surface area contributed by atoms with Gasteiger partial charge in [-0.25, -0.2) is 9.78 Å². The summed E-state index contributed by atoms with van der Waals surface area (Å²) in [7, 11) is 1.68. The second-order valence-electron chi connectivity index (χ2n) is 3.55. The van der Waals surface area contributed by atoms with E-state index in [1.54, 1.807) is 26.3 Å². The lowest BCUT2D eigenvalue weighted by atomic mass is 10.3. The number of methoxy groups -OCH3 is 1. The van der Waals surface area contributed by atoms with Crippen molar-refractivity contribution in [3.8, 4) is 0 Å². The van der Waals surface area contributed by atoms with Gasteiger partial charge in [0.1, 0.15) is 5.82 Å². The molecule has 0 aliphatic rings. The third kappa shape index (κ3) is 5.49. The third-order valence-corrected chi connectivity index (χ3v) is 2.12. The number of nitrogens with zero attached hydrogens (tertiary/aromatic N) is 1. The molecule has 1 heterocycles. The fourth-order valence-electron chi connectivity index (χ4n) is 1.29. The minimum absolute atomic E-state index is 0.338. The number of hydrogen-bond donors (Lipinski definition) is 2. The molecular formula is C12H19N3O3. The van der Waals surface area contributed by atoms with Gasteiger partial charge in [0.15, 0.2) is 0 Å². The fourth-order valence-corrected chi connectivity index (χ4v) is 1.29. The Morgan fingerprint density at radius 3 is 2.89 bits per heavy atom. The topological polar surface area (TPSA) is 72.5 Å². The monoisotopic (exact) mass is 253 g/mol. The molecule has 0 bridgehead atoms. The van der Waals surface area contributed by atoms with Crippen molar-refractivity contribution in [3.05, 3.63) is 18.3 Å². The van der Waals surface area contributed by atoms with Crippen LogP contribution in [-0.4, -0.2) is 37.9 Å². The number of hydrogen-bond acceptors (Lipinski definition) is 5. The third-order valence-electron chi connectivity index (χ3n) is 2.12. The van der Waals surface area contributed by atoms with Crippen LogP contribution in [0.1, 0.15) is 13.3 Å². The van der Waals surface area contributed by atoms with Gasteiger partial charge in [0.2, 0.25) is 0 Å². The zero-order valence-corrected chi connectivity index (χ0v) is 10.7. The SMILES string of the molecule is CCOC(=O)Nc1ccc(NCCCOC)cn1. The van der Waals surface area contributed by atoms with Crippen LogP contribution in [0.2, 0.25) is 0 Å². The highest BCUT2D eigenvalue weighted by Crippen LogP contribution is 2.09. The highest BCUT2D eigenvalue weighted by atomic mass is 16.5. The first-order valence-electron chi connectivity index (χ1n) is 5.89. The molecule has 2 N–H and O–H groups in total. The molecule has 0 saturated heterocycles. The maximum atomic E-state index is 11.1. The number of pyridine rings is 1. The molecule has 0 saturated carbocycles. The fraction of sp³-hybridized carbons (Fsp3) is 0.500. The van der Waals surface area contributed by atoms with Gasteiger partial charge in [0.25, 0.3) is 0 Å². The molecule has 0 aromatic carbocycles. The smallest absolute Gasteiger partial charge is 0.412 e. The first kappa shape index (κ1) is 14.2. The van der Waals surface area contributed by atoms with Gasteiger partial charge in [0, 0.05) is 20.3 Å². The van der Waals surface area contributed by atoms with Crippen molar-refractivity contribution < 1.29 is 14.3 Å². The molecule has 1 amide bonds. The van der Waals surface area contributed by atoms with Gasteiger partial charge in [-0.3, -0.25) is 5.32 Å². The molecule has 0 radical (unpaired) electrons. The van der Waals surface area contributed by atoms with E-state index in [4.69, 9.17) is 9.47 Å². The number of ether oxygens (including phenoxy) is 2. The quantitative estimate of drug-likeness (QED) is 0.728. The number of rotatable bonds is 7. The molecule has 6 heteroatoms. The number of nitrogens with one attached hydrogen (secondary N) is 2. The van der Waals surface area contributed by atoms with Gasteiger partial charge >= 0.3 is 6.09 Å². The molecule has 0 aliphatic heterocycles. The largest absolute Gasteiger partial charge is 0.450 e. The minimum Gasteiger partial charge on any atom is -0.450 e. The van der Waals surface area contributed by atoms with Crippen molar-refractivity contribution in [2.45, 2.75) is 13.3 Å². The van der Waals surface area contributed by atoms with Crippen LogP contribution in [0.5, 0.6) is 0 Å². The molecule has 1 aromatic heterocycles. The van der Waals surface area contributed by atoms with Crippen molar-refractivity contribution in [1.29, 1.82) is 0 Å². The van der Waals surface area contributed by atoms with Crippen LogP contribution in [0.25, 0.3) is 0 Å². The first-order valence-corrected chi connectivity index (χ1v) is 5.89. The Morgan fingerprint density at radius 1 is 1.44 bits per heavy atom. The summed E-state index contributed by atoms with van der Waals surface area (Å²) in [4.78, 5) is 15.2.